The van der Waals surface area contributed by atoms with E-state index in [2.05, 4.69) is 4.74 Å². The lowest BCUT2D eigenvalue weighted by Crippen LogP contribution is -2.56. The smallest absolute Gasteiger partial charge is 0.387 e. The predicted molar refractivity (Wildman–Crippen MR) is 85.2 cm³/mol. The van der Waals surface area contributed by atoms with E-state index in [0.717, 1.165) is 12.5 Å². The van der Waals surface area contributed by atoms with Crippen LogP contribution in [0.4, 0.5) is 8.78 Å². The topological polar surface area (TPSA) is 76.1 Å². The molecular weight excluding hydrogens is 336 g/mol. The Balaban J connectivity index is 2.33. The number of ether oxygens (including phenoxy) is 2. The van der Waals surface area contributed by atoms with Gasteiger partial charge in [0.15, 0.2) is 11.5 Å². The zero-order valence-corrected chi connectivity index (χ0v) is 14.1. The van der Waals surface area contributed by atoms with E-state index in [1.54, 1.807) is 0 Å². The second-order valence-corrected chi connectivity index (χ2v) is 6.01. The van der Waals surface area contributed by atoms with Crippen LogP contribution in [0.1, 0.15) is 42.5 Å². The molecule has 0 aromatic heterocycles. The molecule has 1 aliphatic carbocycles. The number of nitrogens with zero attached hydrogens (tertiary/aromatic N) is 1. The van der Waals surface area contributed by atoms with Gasteiger partial charge < -0.3 is 19.5 Å². The minimum atomic E-state index is -3.07. The highest BCUT2D eigenvalue weighted by molar-refractivity contribution is 5.98. The third kappa shape index (κ3) is 3.83. The molecule has 1 aliphatic rings. The van der Waals surface area contributed by atoms with Crippen LogP contribution >= 0.6 is 0 Å². The van der Waals surface area contributed by atoms with Crippen LogP contribution in [0.25, 0.3) is 0 Å². The number of carboxylic acids is 1. The molecule has 25 heavy (non-hydrogen) atoms. The number of likely N-dealkylation sites (N-methyl/N-ethyl adjacent to an activating group) is 1. The normalized spacial score (nSPS) is 16.4. The number of methoxy groups -OCH3 is 1. The number of hydrogen-bond donors (Lipinski definition) is 1. The molecule has 1 amide bonds. The van der Waals surface area contributed by atoms with Crippen molar-refractivity contribution < 1.29 is 33.0 Å². The second kappa shape index (κ2) is 7.67. The molecule has 0 saturated heterocycles. The van der Waals surface area contributed by atoms with E-state index in [4.69, 9.17) is 4.74 Å². The zero-order chi connectivity index (χ0) is 18.6. The summed E-state index contributed by atoms with van der Waals surface area (Å²) in [6.45, 7) is -3.07. The summed E-state index contributed by atoms with van der Waals surface area (Å²) in [6, 6.07) is 3.88. The van der Waals surface area contributed by atoms with Gasteiger partial charge in [0.1, 0.15) is 5.54 Å². The Bertz CT molecular complexity index is 644. The van der Waals surface area contributed by atoms with Crippen molar-refractivity contribution in [2.75, 3.05) is 14.2 Å². The molecule has 1 aromatic carbocycles. The van der Waals surface area contributed by atoms with Crippen molar-refractivity contribution in [1.29, 1.82) is 0 Å². The van der Waals surface area contributed by atoms with Gasteiger partial charge in [-0.3, -0.25) is 4.79 Å². The van der Waals surface area contributed by atoms with Crippen molar-refractivity contribution in [2.24, 2.45) is 0 Å². The molecule has 0 spiro atoms. The minimum Gasteiger partial charge on any atom is -0.493 e. The Hall–Kier alpha value is -2.38. The van der Waals surface area contributed by atoms with Gasteiger partial charge >= 0.3 is 12.6 Å². The predicted octanol–water partition coefficient (Wildman–Crippen LogP) is 3.16. The Morgan fingerprint density at radius 2 is 1.84 bits per heavy atom. The number of carboxylic acid groups (broad SMARTS) is 1. The van der Waals surface area contributed by atoms with E-state index in [1.807, 2.05) is 0 Å². The van der Waals surface area contributed by atoms with Gasteiger partial charge in [0.05, 0.1) is 7.11 Å². The number of halogens is 2. The zero-order valence-electron chi connectivity index (χ0n) is 14.1. The number of hydrogen-bond acceptors (Lipinski definition) is 4. The largest absolute Gasteiger partial charge is 0.493 e. The number of carbonyl (C=O) groups excluding carboxylic acids is 1. The van der Waals surface area contributed by atoms with Crippen LogP contribution in [-0.4, -0.2) is 48.2 Å². The van der Waals surface area contributed by atoms with Crippen LogP contribution in [0.2, 0.25) is 0 Å². The SMILES string of the molecule is COc1ccc(C(=O)N(C)C2(C(=O)O)CCCCC2)cc1OC(F)F. The lowest BCUT2D eigenvalue weighted by Gasteiger charge is -2.41. The number of aliphatic carboxylic acids is 1. The molecule has 0 atom stereocenters. The molecule has 1 saturated carbocycles. The first-order valence-electron chi connectivity index (χ1n) is 7.96. The summed E-state index contributed by atoms with van der Waals surface area (Å²) in [6.07, 6.45) is 3.08. The van der Waals surface area contributed by atoms with Crippen molar-refractivity contribution in [3.05, 3.63) is 23.8 Å². The second-order valence-electron chi connectivity index (χ2n) is 6.01. The lowest BCUT2D eigenvalue weighted by atomic mass is 9.80. The Kier molecular flexibility index (Phi) is 5.81. The summed E-state index contributed by atoms with van der Waals surface area (Å²) in [5.41, 5.74) is -1.22. The van der Waals surface area contributed by atoms with Crippen LogP contribution in [-0.2, 0) is 4.79 Å². The third-order valence-electron chi connectivity index (χ3n) is 4.65. The molecule has 2 rings (SSSR count). The van der Waals surface area contributed by atoms with Crippen molar-refractivity contribution >= 4 is 11.9 Å². The van der Waals surface area contributed by atoms with Crippen LogP contribution in [0, 0.1) is 0 Å². The Morgan fingerprint density at radius 1 is 1.20 bits per heavy atom. The van der Waals surface area contributed by atoms with Crippen molar-refractivity contribution in [1.82, 2.24) is 4.90 Å². The van der Waals surface area contributed by atoms with Gasteiger partial charge in [-0.05, 0) is 31.0 Å². The van der Waals surface area contributed by atoms with Crippen molar-refractivity contribution in [2.45, 2.75) is 44.3 Å². The summed E-state index contributed by atoms with van der Waals surface area (Å²) in [5, 5.41) is 9.67. The molecule has 1 fully saturated rings. The van der Waals surface area contributed by atoms with E-state index in [-0.39, 0.29) is 17.1 Å². The van der Waals surface area contributed by atoms with Crippen LogP contribution in [0.3, 0.4) is 0 Å². The van der Waals surface area contributed by atoms with Crippen LogP contribution in [0.5, 0.6) is 11.5 Å². The Morgan fingerprint density at radius 3 is 2.36 bits per heavy atom. The van der Waals surface area contributed by atoms with E-state index in [1.165, 1.54) is 31.2 Å². The van der Waals surface area contributed by atoms with Gasteiger partial charge in [0.2, 0.25) is 0 Å². The maximum absolute atomic E-state index is 12.8. The fourth-order valence-corrected chi connectivity index (χ4v) is 3.22. The molecular formula is C17H21F2NO5. The monoisotopic (exact) mass is 357 g/mol. The lowest BCUT2D eigenvalue weighted by molar-refractivity contribution is -0.151. The van der Waals surface area contributed by atoms with Crippen molar-refractivity contribution in [3.63, 3.8) is 0 Å². The fraction of sp³-hybridized carbons (Fsp3) is 0.529. The number of alkyl halides is 2. The van der Waals surface area contributed by atoms with Crippen LogP contribution in [0.15, 0.2) is 18.2 Å². The maximum Gasteiger partial charge on any atom is 0.387 e. The average Bonchev–Trinajstić information content (AvgIpc) is 2.60. The average molecular weight is 357 g/mol. The number of carbonyl (C=O) groups is 2. The summed E-state index contributed by atoms with van der Waals surface area (Å²) in [5.74, 6) is -1.83. The van der Waals surface area contributed by atoms with Gasteiger partial charge in [0, 0.05) is 12.6 Å². The van der Waals surface area contributed by atoms with Gasteiger partial charge in [-0.1, -0.05) is 19.3 Å². The van der Waals surface area contributed by atoms with Gasteiger partial charge in [-0.25, -0.2) is 4.79 Å². The van der Waals surface area contributed by atoms with Gasteiger partial charge in [-0.2, -0.15) is 8.78 Å². The van der Waals surface area contributed by atoms with E-state index in [9.17, 15) is 23.5 Å². The van der Waals surface area contributed by atoms with Crippen LogP contribution < -0.4 is 9.47 Å². The Labute approximate surface area is 144 Å². The summed E-state index contributed by atoms with van der Waals surface area (Å²) in [4.78, 5) is 25.8. The molecule has 0 aliphatic heterocycles. The molecule has 1 aromatic rings. The third-order valence-corrected chi connectivity index (χ3v) is 4.65. The fourth-order valence-electron chi connectivity index (χ4n) is 3.22. The summed E-state index contributed by atoms with van der Waals surface area (Å²) >= 11 is 0. The maximum atomic E-state index is 12.8. The first-order chi connectivity index (χ1) is 11.8. The number of rotatable bonds is 6. The van der Waals surface area contributed by atoms with E-state index >= 15 is 0 Å². The molecule has 0 bridgehead atoms. The standard InChI is InChI=1S/C17H21F2NO5/c1-20(17(15(22)23)8-4-3-5-9-17)14(21)11-6-7-12(24-2)13(10-11)25-16(18)19/h6-7,10,16H,3-5,8-9H2,1-2H3,(H,22,23). The summed E-state index contributed by atoms with van der Waals surface area (Å²) in [7, 11) is 2.72. The first-order valence-corrected chi connectivity index (χ1v) is 7.96. The molecule has 6 nitrogen and oxygen atoms in total. The molecule has 138 valence electrons. The van der Waals surface area contributed by atoms with E-state index < -0.39 is 24.0 Å². The molecule has 0 radical (unpaired) electrons. The van der Waals surface area contributed by atoms with Gasteiger partial charge in [-0.15, -0.1) is 0 Å². The van der Waals surface area contributed by atoms with E-state index in [0.29, 0.717) is 25.7 Å². The first kappa shape index (κ1) is 19.0. The highest BCUT2D eigenvalue weighted by Crippen LogP contribution is 2.35. The minimum absolute atomic E-state index is 0.0603. The highest BCUT2D eigenvalue weighted by atomic mass is 19.3. The quantitative estimate of drug-likeness (QED) is 0.846. The number of amides is 1. The summed E-state index contributed by atoms with van der Waals surface area (Å²) < 4.78 is 34.4. The molecule has 8 heteroatoms. The molecule has 0 heterocycles. The highest BCUT2D eigenvalue weighted by Gasteiger charge is 2.45. The van der Waals surface area contributed by atoms with Gasteiger partial charge in [0.25, 0.3) is 5.91 Å². The van der Waals surface area contributed by atoms with Crippen molar-refractivity contribution in [3.8, 4) is 11.5 Å². The number of benzene rings is 1. The molecule has 1 N–H and O–H groups in total. The molecule has 0 unspecified atom stereocenters.